The average molecular weight is 514 g/mol. The number of nitrogens with zero attached hydrogens (tertiary/aromatic N) is 1. The molecule has 2 aliphatic heterocycles. The number of aromatic nitrogens is 1. The molecule has 2 saturated carbocycles. The normalized spacial score (nSPS) is 31.6. The van der Waals surface area contributed by atoms with Crippen LogP contribution in [-0.2, 0) is 15.7 Å². The highest BCUT2D eigenvalue weighted by Crippen LogP contribution is 2.49. The molecule has 1 amide bonds. The maximum Gasteiger partial charge on any atom is 0.433 e. The summed E-state index contributed by atoms with van der Waals surface area (Å²) in [5.74, 6) is 0.0199. The number of carbonyl (C=O) groups is 1. The second kappa shape index (κ2) is 9.78. The van der Waals surface area contributed by atoms with Gasteiger partial charge in [0.05, 0.1) is 23.1 Å². The molecule has 2 N–H and O–H groups in total. The van der Waals surface area contributed by atoms with Crippen molar-refractivity contribution >= 4 is 22.5 Å². The summed E-state index contributed by atoms with van der Waals surface area (Å²) in [4.78, 5) is 17.4. The number of para-hydroxylation sites is 1. The summed E-state index contributed by atoms with van der Waals surface area (Å²) >= 11 is 0. The zero-order valence-corrected chi connectivity index (χ0v) is 20.9. The van der Waals surface area contributed by atoms with Gasteiger partial charge in [-0.05, 0) is 63.5 Å². The SMILES string of the molecule is C=CCC1[C@@H](Nc2cc(C(F)(F)F)nc3ccccc23)CCC[C@H]1NC(=O)C12CCC(C=C)(CC1)OC2. The summed E-state index contributed by atoms with van der Waals surface area (Å²) in [6.45, 7) is 8.23. The molecule has 1 aromatic carbocycles. The number of rotatable bonds is 7. The van der Waals surface area contributed by atoms with E-state index in [1.807, 2.05) is 12.2 Å². The molecule has 6 rings (SSSR count). The van der Waals surface area contributed by atoms with Crippen LogP contribution in [0.1, 0.15) is 57.1 Å². The molecule has 5 nitrogen and oxygen atoms in total. The lowest BCUT2D eigenvalue weighted by Crippen LogP contribution is -2.59. The van der Waals surface area contributed by atoms with Gasteiger partial charge in [-0.15, -0.1) is 13.2 Å². The summed E-state index contributed by atoms with van der Waals surface area (Å²) < 4.78 is 46.9. The molecule has 2 aromatic rings. The van der Waals surface area contributed by atoms with Crippen LogP contribution in [0, 0.1) is 11.3 Å². The molecule has 2 bridgehead atoms. The van der Waals surface area contributed by atoms with E-state index >= 15 is 0 Å². The Labute approximate surface area is 215 Å². The Hall–Kier alpha value is -2.87. The number of alkyl halides is 3. The van der Waals surface area contributed by atoms with E-state index in [1.54, 1.807) is 24.3 Å². The van der Waals surface area contributed by atoms with Gasteiger partial charge in [-0.1, -0.05) is 30.4 Å². The monoisotopic (exact) mass is 513 g/mol. The highest BCUT2D eigenvalue weighted by molar-refractivity contribution is 5.91. The molecule has 2 saturated heterocycles. The first kappa shape index (κ1) is 25.8. The summed E-state index contributed by atoms with van der Waals surface area (Å²) in [6, 6.07) is 7.73. The van der Waals surface area contributed by atoms with Crippen molar-refractivity contribution in [3.63, 3.8) is 0 Å². The van der Waals surface area contributed by atoms with Crippen LogP contribution in [0.2, 0.25) is 0 Å². The van der Waals surface area contributed by atoms with Crippen LogP contribution in [0.5, 0.6) is 0 Å². The van der Waals surface area contributed by atoms with E-state index in [4.69, 9.17) is 4.74 Å². The van der Waals surface area contributed by atoms with E-state index < -0.39 is 17.3 Å². The van der Waals surface area contributed by atoms with Crippen LogP contribution < -0.4 is 10.6 Å². The van der Waals surface area contributed by atoms with E-state index in [2.05, 4.69) is 28.8 Å². The largest absolute Gasteiger partial charge is 0.433 e. The number of nitrogens with one attached hydrogen (secondary N) is 2. The van der Waals surface area contributed by atoms with Crippen LogP contribution in [0.4, 0.5) is 18.9 Å². The van der Waals surface area contributed by atoms with Crippen molar-refractivity contribution in [1.29, 1.82) is 0 Å². The maximum absolute atomic E-state index is 13.6. The van der Waals surface area contributed by atoms with Crippen molar-refractivity contribution in [3.05, 3.63) is 61.3 Å². The molecule has 3 heterocycles. The van der Waals surface area contributed by atoms with Gasteiger partial charge in [0.15, 0.2) is 0 Å². The van der Waals surface area contributed by atoms with Crippen molar-refractivity contribution in [2.45, 2.75) is 75.2 Å². The number of carbonyl (C=O) groups excluding carboxylic acids is 1. The predicted octanol–water partition coefficient (Wildman–Crippen LogP) is 6.41. The van der Waals surface area contributed by atoms with Gasteiger partial charge in [0.2, 0.25) is 5.91 Å². The van der Waals surface area contributed by atoms with Crippen molar-refractivity contribution < 1.29 is 22.7 Å². The van der Waals surface area contributed by atoms with Gasteiger partial charge in [-0.2, -0.15) is 13.2 Å². The van der Waals surface area contributed by atoms with Crippen molar-refractivity contribution in [2.24, 2.45) is 11.3 Å². The number of pyridine rings is 1. The number of benzene rings is 1. The lowest BCUT2D eigenvalue weighted by atomic mass is 9.65. The Morgan fingerprint density at radius 2 is 1.86 bits per heavy atom. The molecule has 0 radical (unpaired) electrons. The van der Waals surface area contributed by atoms with Gasteiger partial charge in [0.1, 0.15) is 5.69 Å². The van der Waals surface area contributed by atoms with E-state index in [-0.39, 0.29) is 29.5 Å². The van der Waals surface area contributed by atoms with Crippen molar-refractivity contribution in [3.8, 4) is 0 Å². The lowest BCUT2D eigenvalue weighted by Gasteiger charge is -2.51. The standard InChI is InChI=1S/C29H34F3N3O2/c1-3-8-19-21(33-24-17-25(29(30,31)32)34-22-10-6-5-9-20(22)24)11-7-12-23(19)35-26(36)27-13-15-28(4-2,16-14-27)37-18-27/h3-6,9-10,17,19,21,23H,1-2,7-8,11-16,18H2,(H,33,34)(H,35,36)/t19?,21-,23+,27?,28?/m0/s1. The van der Waals surface area contributed by atoms with Crippen LogP contribution >= 0.6 is 0 Å². The number of hydrogen-bond acceptors (Lipinski definition) is 4. The van der Waals surface area contributed by atoms with Gasteiger partial charge >= 0.3 is 6.18 Å². The second-order valence-corrected chi connectivity index (χ2v) is 10.9. The summed E-state index contributed by atoms with van der Waals surface area (Å²) in [6.07, 6.45) is 5.40. The number of fused-ring (bicyclic) bond motifs is 4. The molecule has 1 unspecified atom stereocenters. The summed E-state index contributed by atoms with van der Waals surface area (Å²) in [5, 5.41) is 7.40. The maximum atomic E-state index is 13.6. The Balaban J connectivity index is 1.37. The van der Waals surface area contributed by atoms with E-state index in [0.717, 1.165) is 51.0 Å². The lowest BCUT2D eigenvalue weighted by molar-refractivity contribution is -0.175. The highest BCUT2D eigenvalue weighted by Gasteiger charge is 2.53. The first-order valence-electron chi connectivity index (χ1n) is 13.1. The van der Waals surface area contributed by atoms with Crippen LogP contribution in [0.3, 0.4) is 0 Å². The molecule has 0 spiro atoms. The molecule has 1 aromatic heterocycles. The Kier molecular flexibility index (Phi) is 6.81. The van der Waals surface area contributed by atoms with Gasteiger partial charge in [-0.3, -0.25) is 4.79 Å². The van der Waals surface area contributed by atoms with E-state index in [1.165, 1.54) is 0 Å². The number of hydrogen-bond donors (Lipinski definition) is 2. The third-order valence-corrected chi connectivity index (χ3v) is 8.71. The van der Waals surface area contributed by atoms with Gasteiger partial charge in [0, 0.05) is 29.1 Å². The molecule has 2 aliphatic carbocycles. The van der Waals surface area contributed by atoms with Crippen molar-refractivity contribution in [2.75, 3.05) is 11.9 Å². The topological polar surface area (TPSA) is 63.2 Å². The molecule has 3 atom stereocenters. The van der Waals surface area contributed by atoms with E-state index in [9.17, 15) is 18.0 Å². The zero-order valence-electron chi connectivity index (χ0n) is 20.9. The third-order valence-electron chi connectivity index (χ3n) is 8.71. The molecular weight excluding hydrogens is 479 g/mol. The summed E-state index contributed by atoms with van der Waals surface area (Å²) in [7, 11) is 0. The Morgan fingerprint density at radius 1 is 1.14 bits per heavy atom. The quantitative estimate of drug-likeness (QED) is 0.420. The number of halogens is 3. The smallest absolute Gasteiger partial charge is 0.381 e. The number of ether oxygens (including phenoxy) is 1. The zero-order chi connectivity index (χ0) is 26.3. The number of allylic oxidation sites excluding steroid dienone is 1. The third kappa shape index (κ3) is 4.88. The Bertz CT molecular complexity index is 1170. The summed E-state index contributed by atoms with van der Waals surface area (Å²) in [5.41, 5.74) is -1.02. The highest BCUT2D eigenvalue weighted by atomic mass is 19.4. The molecule has 4 fully saturated rings. The van der Waals surface area contributed by atoms with Gasteiger partial charge in [-0.25, -0.2) is 4.98 Å². The van der Waals surface area contributed by atoms with Crippen LogP contribution in [-0.4, -0.2) is 35.2 Å². The second-order valence-electron chi connectivity index (χ2n) is 10.9. The van der Waals surface area contributed by atoms with Crippen LogP contribution in [0.15, 0.2) is 55.6 Å². The first-order valence-corrected chi connectivity index (χ1v) is 13.1. The molecule has 8 heteroatoms. The predicted molar refractivity (Wildman–Crippen MR) is 138 cm³/mol. The fourth-order valence-corrected chi connectivity index (χ4v) is 6.38. The van der Waals surface area contributed by atoms with Crippen LogP contribution in [0.25, 0.3) is 10.9 Å². The number of amides is 1. The number of anilines is 1. The minimum atomic E-state index is -4.55. The molecule has 37 heavy (non-hydrogen) atoms. The first-order chi connectivity index (χ1) is 17.7. The molecule has 198 valence electrons. The van der Waals surface area contributed by atoms with Gasteiger partial charge in [0.25, 0.3) is 0 Å². The van der Waals surface area contributed by atoms with E-state index in [0.29, 0.717) is 29.6 Å². The average Bonchev–Trinajstić information content (AvgIpc) is 2.91. The van der Waals surface area contributed by atoms with Gasteiger partial charge < -0.3 is 15.4 Å². The fourth-order valence-electron chi connectivity index (χ4n) is 6.38. The molecule has 4 aliphatic rings. The molecular formula is C29H34F3N3O2. The minimum Gasteiger partial charge on any atom is -0.381 e. The Morgan fingerprint density at radius 3 is 2.51 bits per heavy atom. The van der Waals surface area contributed by atoms with Crippen molar-refractivity contribution in [1.82, 2.24) is 10.3 Å². The fraction of sp³-hybridized carbons (Fsp3) is 0.517. The minimum absolute atomic E-state index is 0.00627.